The molecular formula is C13H15Cl2N3O2. The number of methoxy groups -OCH3 is 1. The molecule has 2 aromatic rings. The number of nitrogens with zero attached hydrogens (tertiary/aromatic N) is 2. The van der Waals surface area contributed by atoms with E-state index in [1.54, 1.807) is 19.2 Å². The smallest absolute Gasteiger partial charge is 0.228 e. The quantitative estimate of drug-likeness (QED) is 0.886. The van der Waals surface area contributed by atoms with E-state index >= 15 is 0 Å². The third kappa shape index (κ3) is 4.18. The van der Waals surface area contributed by atoms with Crippen molar-refractivity contribution in [2.75, 3.05) is 13.7 Å². The van der Waals surface area contributed by atoms with Gasteiger partial charge in [-0.3, -0.25) is 0 Å². The minimum absolute atomic E-state index is 0.160. The van der Waals surface area contributed by atoms with Crippen LogP contribution in [0.1, 0.15) is 17.3 Å². The highest BCUT2D eigenvalue weighted by molar-refractivity contribution is 6.35. The molecule has 1 aromatic carbocycles. The number of aromatic nitrogens is 2. The van der Waals surface area contributed by atoms with E-state index in [9.17, 15) is 0 Å². The van der Waals surface area contributed by atoms with Gasteiger partial charge in [0.2, 0.25) is 5.89 Å². The van der Waals surface area contributed by atoms with Crippen molar-refractivity contribution in [2.24, 2.45) is 5.73 Å². The van der Waals surface area contributed by atoms with E-state index in [-0.39, 0.29) is 6.04 Å². The Kier molecular flexibility index (Phi) is 5.37. The summed E-state index contributed by atoms with van der Waals surface area (Å²) in [6.45, 7) is 0.445. The van der Waals surface area contributed by atoms with E-state index in [4.69, 9.17) is 38.2 Å². The molecule has 1 aromatic heterocycles. The van der Waals surface area contributed by atoms with E-state index < -0.39 is 0 Å². The molecule has 2 rings (SSSR count). The fourth-order valence-electron chi connectivity index (χ4n) is 1.78. The molecule has 20 heavy (non-hydrogen) atoms. The van der Waals surface area contributed by atoms with Crippen LogP contribution >= 0.6 is 23.2 Å². The van der Waals surface area contributed by atoms with Gasteiger partial charge in [-0.05, 0) is 17.7 Å². The molecular weight excluding hydrogens is 301 g/mol. The zero-order valence-corrected chi connectivity index (χ0v) is 12.5. The Morgan fingerprint density at radius 2 is 2.20 bits per heavy atom. The molecule has 0 radical (unpaired) electrons. The van der Waals surface area contributed by atoms with Crippen molar-refractivity contribution in [3.8, 4) is 0 Å². The maximum absolute atomic E-state index is 6.10. The first-order valence-corrected chi connectivity index (χ1v) is 6.84. The Hall–Kier alpha value is -1.14. The van der Waals surface area contributed by atoms with Gasteiger partial charge in [-0.25, -0.2) is 0 Å². The molecule has 0 fully saturated rings. The lowest BCUT2D eigenvalue weighted by molar-refractivity contribution is 0.176. The van der Waals surface area contributed by atoms with Crippen LogP contribution in [0.25, 0.3) is 0 Å². The molecule has 2 N–H and O–H groups in total. The molecule has 0 aliphatic heterocycles. The van der Waals surface area contributed by atoms with Gasteiger partial charge in [-0.15, -0.1) is 0 Å². The summed E-state index contributed by atoms with van der Waals surface area (Å²) in [6.07, 6.45) is 0.966. The third-order valence-corrected chi connectivity index (χ3v) is 3.28. The van der Waals surface area contributed by atoms with Gasteiger partial charge in [-0.2, -0.15) is 4.98 Å². The highest BCUT2D eigenvalue weighted by atomic mass is 35.5. The predicted octanol–water partition coefficient (Wildman–Crippen LogP) is 2.48. The molecule has 0 saturated carbocycles. The highest BCUT2D eigenvalue weighted by Gasteiger charge is 2.12. The number of hydrogen-bond donors (Lipinski definition) is 1. The summed E-state index contributed by atoms with van der Waals surface area (Å²) >= 11 is 12.0. The van der Waals surface area contributed by atoms with Crippen LogP contribution in [0.3, 0.4) is 0 Å². The number of hydrogen-bond acceptors (Lipinski definition) is 5. The van der Waals surface area contributed by atoms with E-state index in [1.165, 1.54) is 0 Å². The van der Waals surface area contributed by atoms with Crippen molar-refractivity contribution in [3.05, 3.63) is 45.5 Å². The standard InChI is InChI=1S/C13H15Cl2N3O2/c1-19-7-10(16)6-13-17-12(18-20-13)4-8-2-3-9(14)5-11(8)15/h2-3,5,10H,4,6-7,16H2,1H3. The van der Waals surface area contributed by atoms with Crippen molar-refractivity contribution >= 4 is 23.2 Å². The summed E-state index contributed by atoms with van der Waals surface area (Å²) in [7, 11) is 1.60. The van der Waals surface area contributed by atoms with Crippen LogP contribution in [0, 0.1) is 0 Å². The normalized spacial score (nSPS) is 12.6. The fourth-order valence-corrected chi connectivity index (χ4v) is 2.25. The van der Waals surface area contributed by atoms with E-state index in [1.807, 2.05) is 6.07 Å². The van der Waals surface area contributed by atoms with Crippen LogP contribution in [-0.2, 0) is 17.6 Å². The van der Waals surface area contributed by atoms with E-state index in [0.29, 0.717) is 41.2 Å². The van der Waals surface area contributed by atoms with E-state index in [0.717, 1.165) is 5.56 Å². The van der Waals surface area contributed by atoms with Gasteiger partial charge < -0.3 is 15.0 Å². The summed E-state index contributed by atoms with van der Waals surface area (Å²) in [5.41, 5.74) is 6.72. The molecule has 7 heteroatoms. The second kappa shape index (κ2) is 7.04. The van der Waals surface area contributed by atoms with Crippen LogP contribution < -0.4 is 5.73 Å². The van der Waals surface area contributed by atoms with Crippen molar-refractivity contribution in [3.63, 3.8) is 0 Å². The molecule has 0 bridgehead atoms. The molecule has 0 aliphatic carbocycles. The Bertz CT molecular complexity index is 574. The summed E-state index contributed by atoms with van der Waals surface area (Å²) in [5.74, 6) is 1.06. The first-order valence-electron chi connectivity index (χ1n) is 6.08. The van der Waals surface area contributed by atoms with Gasteiger partial charge >= 0.3 is 0 Å². The van der Waals surface area contributed by atoms with Crippen molar-refractivity contribution in [1.29, 1.82) is 0 Å². The van der Waals surface area contributed by atoms with Crippen LogP contribution in [0.15, 0.2) is 22.7 Å². The Balaban J connectivity index is 2.02. The van der Waals surface area contributed by atoms with Crippen LogP contribution in [0.2, 0.25) is 10.0 Å². The monoisotopic (exact) mass is 315 g/mol. The number of ether oxygens (including phenoxy) is 1. The molecule has 0 spiro atoms. The highest BCUT2D eigenvalue weighted by Crippen LogP contribution is 2.22. The zero-order chi connectivity index (χ0) is 14.5. The first kappa shape index (κ1) is 15.3. The summed E-state index contributed by atoms with van der Waals surface area (Å²) < 4.78 is 10.1. The lowest BCUT2D eigenvalue weighted by Gasteiger charge is -2.05. The number of rotatable bonds is 6. The SMILES string of the molecule is COCC(N)Cc1nc(Cc2ccc(Cl)cc2Cl)no1. The molecule has 5 nitrogen and oxygen atoms in total. The number of halogens is 2. The van der Waals surface area contributed by atoms with Gasteiger partial charge in [-0.1, -0.05) is 34.4 Å². The number of nitrogens with two attached hydrogens (primary N) is 1. The Morgan fingerprint density at radius 3 is 2.90 bits per heavy atom. The minimum atomic E-state index is -0.160. The van der Waals surface area contributed by atoms with Crippen molar-refractivity contribution in [1.82, 2.24) is 10.1 Å². The molecule has 1 atom stereocenters. The maximum Gasteiger partial charge on any atom is 0.228 e. The molecule has 0 aliphatic rings. The van der Waals surface area contributed by atoms with Gasteiger partial charge in [0.1, 0.15) is 0 Å². The summed E-state index contributed by atoms with van der Waals surface area (Å²) in [6, 6.07) is 5.15. The van der Waals surface area contributed by atoms with Crippen molar-refractivity contribution in [2.45, 2.75) is 18.9 Å². The Morgan fingerprint density at radius 1 is 1.40 bits per heavy atom. The summed E-state index contributed by atoms with van der Waals surface area (Å²) in [4.78, 5) is 4.29. The van der Waals surface area contributed by atoms with Gasteiger partial charge in [0, 0.05) is 36.0 Å². The molecule has 0 saturated heterocycles. The molecule has 1 heterocycles. The number of benzene rings is 1. The topological polar surface area (TPSA) is 74.2 Å². The van der Waals surface area contributed by atoms with Crippen LogP contribution in [-0.4, -0.2) is 29.9 Å². The largest absolute Gasteiger partial charge is 0.383 e. The lowest BCUT2D eigenvalue weighted by atomic mass is 10.1. The van der Waals surface area contributed by atoms with Gasteiger partial charge in [0.25, 0.3) is 0 Å². The third-order valence-electron chi connectivity index (χ3n) is 2.69. The zero-order valence-electron chi connectivity index (χ0n) is 11.0. The first-order chi connectivity index (χ1) is 9.58. The average molecular weight is 316 g/mol. The second-order valence-corrected chi connectivity index (χ2v) is 5.28. The van der Waals surface area contributed by atoms with Crippen LogP contribution in [0.4, 0.5) is 0 Å². The summed E-state index contributed by atoms with van der Waals surface area (Å²) in [5, 5.41) is 5.09. The van der Waals surface area contributed by atoms with E-state index in [2.05, 4.69) is 10.1 Å². The Labute approximate surface area is 127 Å². The second-order valence-electron chi connectivity index (χ2n) is 4.44. The van der Waals surface area contributed by atoms with Crippen LogP contribution in [0.5, 0.6) is 0 Å². The predicted molar refractivity (Wildman–Crippen MR) is 77.1 cm³/mol. The van der Waals surface area contributed by atoms with Crippen molar-refractivity contribution < 1.29 is 9.26 Å². The molecule has 0 amide bonds. The van der Waals surface area contributed by atoms with Gasteiger partial charge in [0.05, 0.1) is 6.61 Å². The molecule has 108 valence electrons. The molecule has 1 unspecified atom stereocenters. The fraction of sp³-hybridized carbons (Fsp3) is 0.385. The minimum Gasteiger partial charge on any atom is -0.383 e. The average Bonchev–Trinajstić information content (AvgIpc) is 2.80. The maximum atomic E-state index is 6.10. The van der Waals surface area contributed by atoms with Gasteiger partial charge in [0.15, 0.2) is 5.82 Å². The lowest BCUT2D eigenvalue weighted by Crippen LogP contribution is -2.28.